The number of fused-ring (bicyclic) bond motifs is 3. The fourth-order valence-corrected chi connectivity index (χ4v) is 2.51. The average molecular weight is 235 g/mol. The molecule has 1 aliphatic rings. The van der Waals surface area contributed by atoms with Crippen LogP contribution in [0.1, 0.15) is 23.5 Å². The summed E-state index contributed by atoms with van der Waals surface area (Å²) in [4.78, 5) is 11.7. The monoisotopic (exact) mass is 234 g/mol. The number of aromatic nitrogens is 1. The van der Waals surface area contributed by atoms with Crippen LogP contribution >= 0.6 is 11.6 Å². The highest BCUT2D eigenvalue weighted by Crippen LogP contribution is 2.30. The third kappa shape index (κ3) is 1.18. The van der Waals surface area contributed by atoms with Crippen molar-refractivity contribution in [3.63, 3.8) is 0 Å². The van der Waals surface area contributed by atoms with E-state index in [0.717, 1.165) is 10.9 Å². The van der Waals surface area contributed by atoms with E-state index in [1.54, 1.807) is 0 Å². The number of halogens is 1. The maximum Gasteiger partial charge on any atom is 0.268 e. The first-order valence-corrected chi connectivity index (χ1v) is 5.64. The van der Waals surface area contributed by atoms with Crippen LogP contribution in [0.15, 0.2) is 24.3 Å². The highest BCUT2D eigenvalue weighted by molar-refractivity contribution is 6.35. The highest BCUT2D eigenvalue weighted by Gasteiger charge is 2.24. The van der Waals surface area contributed by atoms with Gasteiger partial charge in [-0.3, -0.25) is 4.79 Å². The van der Waals surface area contributed by atoms with Gasteiger partial charge < -0.3 is 9.88 Å². The van der Waals surface area contributed by atoms with Gasteiger partial charge in [-0.2, -0.15) is 0 Å². The quantitative estimate of drug-likeness (QED) is 0.747. The Morgan fingerprint density at radius 1 is 1.50 bits per heavy atom. The van der Waals surface area contributed by atoms with Crippen molar-refractivity contribution >= 4 is 28.4 Å². The van der Waals surface area contributed by atoms with E-state index in [-0.39, 0.29) is 11.9 Å². The van der Waals surface area contributed by atoms with Gasteiger partial charge in [0, 0.05) is 23.0 Å². The number of nitrogens with zero attached hydrogens (tertiary/aromatic N) is 1. The number of benzene rings is 1. The highest BCUT2D eigenvalue weighted by atomic mass is 35.5. The zero-order valence-corrected chi connectivity index (χ0v) is 9.58. The zero-order valence-electron chi connectivity index (χ0n) is 8.83. The number of hydrogen-bond acceptors (Lipinski definition) is 1. The van der Waals surface area contributed by atoms with E-state index in [1.807, 2.05) is 24.3 Å². The van der Waals surface area contributed by atoms with Gasteiger partial charge in [0.15, 0.2) is 0 Å². The van der Waals surface area contributed by atoms with E-state index >= 15 is 0 Å². The minimum Gasteiger partial charge on any atom is -0.349 e. The van der Waals surface area contributed by atoms with Gasteiger partial charge in [0.1, 0.15) is 5.69 Å². The average Bonchev–Trinajstić information content (AvgIpc) is 2.66. The Kier molecular flexibility index (Phi) is 1.98. The molecule has 0 saturated heterocycles. The molecule has 2 heterocycles. The first kappa shape index (κ1) is 9.73. The lowest BCUT2D eigenvalue weighted by atomic mass is 10.2. The van der Waals surface area contributed by atoms with Crippen LogP contribution in [0.25, 0.3) is 10.9 Å². The first-order chi connectivity index (χ1) is 7.68. The molecule has 2 aromatic rings. The number of carbonyl (C=O) groups is 1. The van der Waals surface area contributed by atoms with Gasteiger partial charge in [0.2, 0.25) is 0 Å². The molecule has 0 unspecified atom stereocenters. The Bertz CT molecular complexity index is 588. The van der Waals surface area contributed by atoms with Crippen molar-refractivity contribution in [2.75, 3.05) is 6.54 Å². The summed E-state index contributed by atoms with van der Waals surface area (Å²) >= 11 is 6.13. The fraction of sp³-hybridized carbons (Fsp3) is 0.250. The van der Waals surface area contributed by atoms with Crippen LogP contribution in [0.2, 0.25) is 5.02 Å². The molecule has 1 N–H and O–H groups in total. The van der Waals surface area contributed by atoms with E-state index < -0.39 is 0 Å². The fourth-order valence-electron chi connectivity index (χ4n) is 2.29. The van der Waals surface area contributed by atoms with Gasteiger partial charge in [0.05, 0.1) is 5.52 Å². The van der Waals surface area contributed by atoms with Crippen molar-refractivity contribution in [2.45, 2.75) is 13.0 Å². The minimum atomic E-state index is -0.0228. The maximum atomic E-state index is 11.7. The van der Waals surface area contributed by atoms with Crippen molar-refractivity contribution in [1.29, 1.82) is 0 Å². The normalized spacial score (nSPS) is 19.6. The number of rotatable bonds is 0. The van der Waals surface area contributed by atoms with E-state index in [2.05, 4.69) is 16.8 Å². The molecule has 1 aromatic carbocycles. The molecule has 0 bridgehead atoms. The molecular formula is C12H11ClN2O. The van der Waals surface area contributed by atoms with E-state index in [0.29, 0.717) is 17.3 Å². The van der Waals surface area contributed by atoms with Crippen LogP contribution in [0.5, 0.6) is 0 Å². The summed E-state index contributed by atoms with van der Waals surface area (Å²) in [5, 5.41) is 4.51. The van der Waals surface area contributed by atoms with Crippen LogP contribution in [0.4, 0.5) is 0 Å². The van der Waals surface area contributed by atoms with Crippen LogP contribution < -0.4 is 5.32 Å². The second-order valence-electron chi connectivity index (χ2n) is 4.13. The number of carbonyl (C=O) groups excluding carboxylic acids is 1. The Balaban J connectivity index is 2.41. The third-order valence-corrected chi connectivity index (χ3v) is 3.39. The van der Waals surface area contributed by atoms with Crippen LogP contribution in [-0.4, -0.2) is 17.0 Å². The molecule has 1 atom stereocenters. The molecule has 1 aliphatic heterocycles. The van der Waals surface area contributed by atoms with Crippen LogP contribution in [-0.2, 0) is 0 Å². The number of nitrogens with one attached hydrogen (secondary N) is 1. The lowest BCUT2D eigenvalue weighted by Crippen LogP contribution is -2.37. The number of amides is 1. The molecule has 0 saturated carbocycles. The van der Waals surface area contributed by atoms with Crippen molar-refractivity contribution in [3.8, 4) is 0 Å². The van der Waals surface area contributed by atoms with Crippen molar-refractivity contribution in [3.05, 3.63) is 35.0 Å². The molecule has 3 nitrogen and oxygen atoms in total. The smallest absolute Gasteiger partial charge is 0.268 e. The topological polar surface area (TPSA) is 34.0 Å². The standard InChI is InChI=1S/C12H11ClN2O/c1-7-6-14-12(16)11-5-8-9(13)3-2-4-10(8)15(7)11/h2-5,7H,6H2,1H3,(H,14,16)/t7-/m1/s1. The molecule has 0 aliphatic carbocycles. The molecule has 16 heavy (non-hydrogen) atoms. The summed E-state index contributed by atoms with van der Waals surface area (Å²) in [6.45, 7) is 2.76. The summed E-state index contributed by atoms with van der Waals surface area (Å²) in [6, 6.07) is 7.89. The third-order valence-electron chi connectivity index (χ3n) is 3.06. The van der Waals surface area contributed by atoms with Gasteiger partial charge in [-0.15, -0.1) is 0 Å². The predicted octanol–water partition coefficient (Wildman–Crippen LogP) is 2.60. The first-order valence-electron chi connectivity index (χ1n) is 5.26. The summed E-state index contributed by atoms with van der Waals surface area (Å²) < 4.78 is 2.06. The number of hydrogen-bond donors (Lipinski definition) is 1. The second kappa shape index (κ2) is 3.25. The second-order valence-corrected chi connectivity index (χ2v) is 4.54. The van der Waals surface area contributed by atoms with Crippen molar-refractivity contribution < 1.29 is 4.79 Å². The molecule has 3 rings (SSSR count). The maximum absolute atomic E-state index is 11.7. The molecule has 82 valence electrons. The Hall–Kier alpha value is -1.48. The summed E-state index contributed by atoms with van der Waals surface area (Å²) in [5.74, 6) is -0.0228. The largest absolute Gasteiger partial charge is 0.349 e. The van der Waals surface area contributed by atoms with Gasteiger partial charge in [-0.25, -0.2) is 0 Å². The van der Waals surface area contributed by atoms with Crippen molar-refractivity contribution in [2.24, 2.45) is 0 Å². The molecule has 1 amide bonds. The predicted molar refractivity (Wildman–Crippen MR) is 64.0 cm³/mol. The molecular weight excluding hydrogens is 224 g/mol. The molecule has 0 fully saturated rings. The lowest BCUT2D eigenvalue weighted by molar-refractivity contribution is 0.0919. The van der Waals surface area contributed by atoms with E-state index in [9.17, 15) is 4.79 Å². The zero-order chi connectivity index (χ0) is 11.3. The minimum absolute atomic E-state index is 0.0228. The molecule has 1 aromatic heterocycles. The molecule has 0 radical (unpaired) electrons. The van der Waals surface area contributed by atoms with Crippen LogP contribution in [0, 0.1) is 0 Å². The van der Waals surface area contributed by atoms with Crippen LogP contribution in [0.3, 0.4) is 0 Å². The Morgan fingerprint density at radius 3 is 3.12 bits per heavy atom. The lowest BCUT2D eigenvalue weighted by Gasteiger charge is -2.23. The Labute approximate surface area is 98.0 Å². The van der Waals surface area contributed by atoms with E-state index in [4.69, 9.17) is 11.6 Å². The van der Waals surface area contributed by atoms with Gasteiger partial charge in [-0.05, 0) is 25.1 Å². The SMILES string of the molecule is C[C@@H]1CNC(=O)c2cc3c(Cl)cccc3n21. The Morgan fingerprint density at radius 2 is 2.31 bits per heavy atom. The summed E-state index contributed by atoms with van der Waals surface area (Å²) in [6.07, 6.45) is 0. The van der Waals surface area contributed by atoms with E-state index in [1.165, 1.54) is 0 Å². The molecule has 4 heteroatoms. The summed E-state index contributed by atoms with van der Waals surface area (Å²) in [5.41, 5.74) is 1.73. The van der Waals surface area contributed by atoms with Gasteiger partial charge >= 0.3 is 0 Å². The molecule has 0 spiro atoms. The van der Waals surface area contributed by atoms with Gasteiger partial charge in [-0.1, -0.05) is 17.7 Å². The summed E-state index contributed by atoms with van der Waals surface area (Å²) in [7, 11) is 0. The van der Waals surface area contributed by atoms with Crippen molar-refractivity contribution in [1.82, 2.24) is 9.88 Å². The van der Waals surface area contributed by atoms with Gasteiger partial charge in [0.25, 0.3) is 5.91 Å².